The summed E-state index contributed by atoms with van der Waals surface area (Å²) >= 11 is 5.91. The van der Waals surface area contributed by atoms with Crippen molar-refractivity contribution in [3.8, 4) is 0 Å². The lowest BCUT2D eigenvalue weighted by Gasteiger charge is -2.10. The summed E-state index contributed by atoms with van der Waals surface area (Å²) in [5.41, 5.74) is 1.39. The molecule has 0 aliphatic carbocycles. The van der Waals surface area contributed by atoms with Gasteiger partial charge in [0.05, 0.1) is 18.4 Å². The Kier molecular flexibility index (Phi) is 7.05. The third-order valence-corrected chi connectivity index (χ3v) is 2.42. The van der Waals surface area contributed by atoms with Gasteiger partial charge in [-0.05, 0) is 24.6 Å². The molecule has 0 saturated carbocycles. The molecule has 0 aliphatic heterocycles. The highest BCUT2D eigenvalue weighted by Crippen LogP contribution is 2.25. The summed E-state index contributed by atoms with van der Waals surface area (Å²) in [5, 5.41) is 3.02. The summed E-state index contributed by atoms with van der Waals surface area (Å²) in [4.78, 5) is 22.4. The predicted molar refractivity (Wildman–Crippen MR) is 73.2 cm³/mol. The van der Waals surface area contributed by atoms with E-state index in [9.17, 15) is 9.59 Å². The number of nitrogens with one attached hydrogen (secondary N) is 1. The number of ether oxygens (including phenoxy) is 1. The standard InChI is InChI=1S/C11H12ClNO3.C2H6/c1-6-4-8(11(15)16-3)10(5-9(6)12)13-7(2)14;1-2/h4-5H,1-3H3,(H,13,14);1-2H3. The summed E-state index contributed by atoms with van der Waals surface area (Å²) in [6, 6.07) is 3.12. The van der Waals surface area contributed by atoms with E-state index in [0.717, 1.165) is 5.56 Å². The topological polar surface area (TPSA) is 55.4 Å². The first kappa shape index (κ1) is 16.4. The van der Waals surface area contributed by atoms with Crippen LogP contribution in [0.1, 0.15) is 36.7 Å². The van der Waals surface area contributed by atoms with Crippen molar-refractivity contribution < 1.29 is 14.3 Å². The van der Waals surface area contributed by atoms with Crippen molar-refractivity contribution in [1.82, 2.24) is 0 Å². The van der Waals surface area contributed by atoms with E-state index < -0.39 is 5.97 Å². The fourth-order valence-electron chi connectivity index (χ4n) is 1.25. The minimum absolute atomic E-state index is 0.273. The fourth-order valence-corrected chi connectivity index (χ4v) is 1.42. The average Bonchev–Trinajstić information content (AvgIpc) is 2.34. The van der Waals surface area contributed by atoms with Crippen LogP contribution in [0, 0.1) is 6.92 Å². The Morgan fingerprint density at radius 2 is 1.83 bits per heavy atom. The fraction of sp³-hybridized carbons (Fsp3) is 0.385. The molecule has 18 heavy (non-hydrogen) atoms. The molecule has 0 aromatic heterocycles. The van der Waals surface area contributed by atoms with Gasteiger partial charge in [-0.25, -0.2) is 4.79 Å². The molecule has 1 N–H and O–H groups in total. The van der Waals surface area contributed by atoms with E-state index in [4.69, 9.17) is 11.6 Å². The van der Waals surface area contributed by atoms with Gasteiger partial charge in [0.15, 0.2) is 0 Å². The second-order valence-corrected chi connectivity index (χ2v) is 3.73. The molecule has 1 aromatic carbocycles. The zero-order valence-corrected chi connectivity index (χ0v) is 12.0. The predicted octanol–water partition coefficient (Wildman–Crippen LogP) is 3.42. The molecule has 0 radical (unpaired) electrons. The van der Waals surface area contributed by atoms with Gasteiger partial charge in [-0.1, -0.05) is 25.4 Å². The number of carbonyl (C=O) groups excluding carboxylic acids is 2. The molecule has 1 rings (SSSR count). The van der Waals surface area contributed by atoms with Crippen LogP contribution in [0.15, 0.2) is 12.1 Å². The quantitative estimate of drug-likeness (QED) is 0.839. The maximum Gasteiger partial charge on any atom is 0.339 e. The van der Waals surface area contributed by atoms with Crippen LogP contribution in [0.4, 0.5) is 5.69 Å². The van der Waals surface area contributed by atoms with Gasteiger partial charge in [-0.3, -0.25) is 4.79 Å². The molecule has 0 bridgehead atoms. The molecule has 0 fully saturated rings. The summed E-state index contributed by atoms with van der Waals surface area (Å²) in [7, 11) is 1.28. The summed E-state index contributed by atoms with van der Waals surface area (Å²) < 4.78 is 4.62. The molecule has 0 atom stereocenters. The van der Waals surface area contributed by atoms with E-state index in [2.05, 4.69) is 10.1 Å². The Balaban J connectivity index is 0.00000137. The van der Waals surface area contributed by atoms with E-state index in [1.807, 2.05) is 13.8 Å². The molecule has 4 nitrogen and oxygen atoms in total. The summed E-state index contributed by atoms with van der Waals surface area (Å²) in [5.74, 6) is -0.784. The van der Waals surface area contributed by atoms with E-state index in [0.29, 0.717) is 16.3 Å². The van der Waals surface area contributed by atoms with Gasteiger partial charge in [0, 0.05) is 11.9 Å². The van der Waals surface area contributed by atoms with Crippen LogP contribution in [0.25, 0.3) is 0 Å². The molecule has 0 aliphatic rings. The molecule has 0 unspecified atom stereocenters. The summed E-state index contributed by atoms with van der Waals surface area (Å²) in [6.45, 7) is 7.13. The van der Waals surface area contributed by atoms with Gasteiger partial charge < -0.3 is 10.1 Å². The van der Waals surface area contributed by atoms with Crippen LogP contribution in [-0.4, -0.2) is 19.0 Å². The Morgan fingerprint density at radius 1 is 1.28 bits per heavy atom. The van der Waals surface area contributed by atoms with Gasteiger partial charge in [-0.2, -0.15) is 0 Å². The number of hydrogen-bond acceptors (Lipinski definition) is 3. The first-order chi connectivity index (χ1) is 8.45. The molecule has 0 heterocycles. The lowest BCUT2D eigenvalue weighted by Crippen LogP contribution is -2.12. The molecular formula is C13H18ClNO3. The van der Waals surface area contributed by atoms with E-state index in [-0.39, 0.29) is 5.91 Å². The normalized spacial score (nSPS) is 9.00. The van der Waals surface area contributed by atoms with Crippen LogP contribution in [-0.2, 0) is 9.53 Å². The van der Waals surface area contributed by atoms with Crippen LogP contribution in [0.3, 0.4) is 0 Å². The van der Waals surface area contributed by atoms with Gasteiger partial charge in [-0.15, -0.1) is 0 Å². The van der Waals surface area contributed by atoms with Gasteiger partial charge in [0.2, 0.25) is 5.91 Å². The summed E-state index contributed by atoms with van der Waals surface area (Å²) in [6.07, 6.45) is 0. The highest BCUT2D eigenvalue weighted by Gasteiger charge is 2.14. The number of halogens is 1. The third kappa shape index (κ3) is 4.37. The van der Waals surface area contributed by atoms with Crippen molar-refractivity contribution in [2.75, 3.05) is 12.4 Å². The number of anilines is 1. The maximum absolute atomic E-state index is 11.5. The van der Waals surface area contributed by atoms with Crippen molar-refractivity contribution in [2.45, 2.75) is 27.7 Å². The largest absolute Gasteiger partial charge is 0.465 e. The number of esters is 1. The molecule has 1 aromatic rings. The first-order valence-electron chi connectivity index (χ1n) is 5.61. The number of benzene rings is 1. The molecular weight excluding hydrogens is 254 g/mol. The van der Waals surface area contributed by atoms with E-state index in [1.54, 1.807) is 13.0 Å². The Labute approximate surface area is 112 Å². The number of amides is 1. The van der Waals surface area contributed by atoms with E-state index in [1.165, 1.54) is 20.1 Å². The Bertz CT molecular complexity index is 444. The molecule has 0 spiro atoms. The van der Waals surface area contributed by atoms with Crippen molar-refractivity contribution in [2.24, 2.45) is 0 Å². The SMILES string of the molecule is CC.COC(=O)c1cc(C)c(Cl)cc1NC(C)=O. The lowest BCUT2D eigenvalue weighted by molar-refractivity contribution is -0.114. The Morgan fingerprint density at radius 3 is 2.28 bits per heavy atom. The molecule has 0 saturated heterocycles. The van der Waals surface area contributed by atoms with Crippen LogP contribution in [0.2, 0.25) is 5.02 Å². The van der Waals surface area contributed by atoms with Gasteiger partial charge >= 0.3 is 5.97 Å². The number of aryl methyl sites for hydroxylation is 1. The van der Waals surface area contributed by atoms with Gasteiger partial charge in [0.25, 0.3) is 0 Å². The Hall–Kier alpha value is -1.55. The number of carbonyl (C=O) groups is 2. The number of rotatable bonds is 2. The molecule has 5 heteroatoms. The van der Waals surface area contributed by atoms with Crippen LogP contribution in [0.5, 0.6) is 0 Å². The molecule has 100 valence electrons. The maximum atomic E-state index is 11.5. The van der Waals surface area contributed by atoms with Crippen molar-refractivity contribution in [3.63, 3.8) is 0 Å². The monoisotopic (exact) mass is 271 g/mol. The zero-order chi connectivity index (χ0) is 14.3. The highest BCUT2D eigenvalue weighted by atomic mass is 35.5. The van der Waals surface area contributed by atoms with Crippen molar-refractivity contribution in [1.29, 1.82) is 0 Å². The first-order valence-corrected chi connectivity index (χ1v) is 5.99. The highest BCUT2D eigenvalue weighted by molar-refractivity contribution is 6.32. The minimum Gasteiger partial charge on any atom is -0.465 e. The van der Waals surface area contributed by atoms with Crippen molar-refractivity contribution in [3.05, 3.63) is 28.3 Å². The van der Waals surface area contributed by atoms with Crippen LogP contribution < -0.4 is 5.32 Å². The van der Waals surface area contributed by atoms with Gasteiger partial charge in [0.1, 0.15) is 0 Å². The zero-order valence-electron chi connectivity index (χ0n) is 11.3. The minimum atomic E-state index is -0.511. The molecule has 1 amide bonds. The smallest absolute Gasteiger partial charge is 0.339 e. The van der Waals surface area contributed by atoms with E-state index >= 15 is 0 Å². The lowest BCUT2D eigenvalue weighted by atomic mass is 10.1. The third-order valence-electron chi connectivity index (χ3n) is 2.01. The number of hydrogen-bond donors (Lipinski definition) is 1. The average molecular weight is 272 g/mol. The second-order valence-electron chi connectivity index (χ2n) is 3.32. The number of methoxy groups -OCH3 is 1. The van der Waals surface area contributed by atoms with Crippen molar-refractivity contribution >= 4 is 29.2 Å². The second kappa shape index (κ2) is 7.71. The van der Waals surface area contributed by atoms with Crippen LogP contribution >= 0.6 is 11.6 Å².